The normalized spacial score (nSPS) is 42.8. The second-order valence-electron chi connectivity index (χ2n) is 3.92. The molecule has 0 aromatic carbocycles. The van der Waals surface area contributed by atoms with Crippen molar-refractivity contribution in [3.8, 4) is 0 Å². The van der Waals surface area contributed by atoms with Gasteiger partial charge in [0.25, 0.3) is 0 Å². The largest absolute Gasteiger partial charge is 0.466 e. The van der Waals surface area contributed by atoms with Crippen molar-refractivity contribution in [3.05, 3.63) is 0 Å². The Kier molecular flexibility index (Phi) is 1.49. The molecule has 0 saturated heterocycles. The van der Waals surface area contributed by atoms with Crippen LogP contribution in [0.2, 0.25) is 0 Å². The number of esters is 1. The van der Waals surface area contributed by atoms with Crippen molar-refractivity contribution in [2.45, 2.75) is 31.8 Å². The van der Waals surface area contributed by atoms with E-state index in [4.69, 9.17) is 9.47 Å². The Morgan fingerprint density at radius 3 is 2.42 bits per heavy atom. The van der Waals surface area contributed by atoms with Gasteiger partial charge in [-0.1, -0.05) is 0 Å². The Morgan fingerprint density at radius 2 is 2.00 bits per heavy atom. The zero-order valence-corrected chi connectivity index (χ0v) is 7.55. The van der Waals surface area contributed by atoms with Crippen molar-refractivity contribution < 1.29 is 14.3 Å². The third-order valence-electron chi connectivity index (χ3n) is 3.12. The molecule has 12 heavy (non-hydrogen) atoms. The smallest absolute Gasteiger partial charge is 0.312 e. The highest BCUT2D eigenvalue weighted by atomic mass is 16.5. The minimum atomic E-state index is -0.147. The van der Waals surface area contributed by atoms with Gasteiger partial charge in [-0.25, -0.2) is 0 Å². The quantitative estimate of drug-likeness (QED) is 0.595. The van der Waals surface area contributed by atoms with Crippen LogP contribution in [0.4, 0.5) is 0 Å². The van der Waals surface area contributed by atoms with E-state index in [0.717, 1.165) is 19.3 Å². The number of hydrogen-bond acceptors (Lipinski definition) is 3. The summed E-state index contributed by atoms with van der Waals surface area (Å²) in [7, 11) is 1.72. The van der Waals surface area contributed by atoms with Crippen molar-refractivity contribution in [2.24, 2.45) is 5.41 Å². The summed E-state index contributed by atoms with van der Waals surface area (Å²) in [6.07, 6.45) is 2.61. The summed E-state index contributed by atoms with van der Waals surface area (Å²) in [6.45, 7) is 2.33. The first kappa shape index (κ1) is 8.05. The molecule has 0 aromatic rings. The van der Waals surface area contributed by atoms with E-state index in [1.165, 1.54) is 0 Å². The fourth-order valence-electron chi connectivity index (χ4n) is 2.41. The summed E-state index contributed by atoms with van der Waals surface area (Å²) in [5.74, 6) is -0.0241. The van der Waals surface area contributed by atoms with Crippen LogP contribution < -0.4 is 0 Å². The lowest BCUT2D eigenvalue weighted by Gasteiger charge is -2.67. The monoisotopic (exact) mass is 170 g/mol. The van der Waals surface area contributed by atoms with Gasteiger partial charge < -0.3 is 9.47 Å². The number of carbonyl (C=O) groups is 1. The molecule has 0 unspecified atom stereocenters. The maximum atomic E-state index is 11.4. The van der Waals surface area contributed by atoms with Crippen LogP contribution in [0.3, 0.4) is 0 Å². The molecule has 3 nitrogen and oxygen atoms in total. The average Bonchev–Trinajstić information content (AvgIpc) is 1.83. The lowest BCUT2D eigenvalue weighted by molar-refractivity contribution is -0.274. The zero-order chi connectivity index (χ0) is 8.82. The van der Waals surface area contributed by atoms with E-state index in [2.05, 4.69) is 0 Å². The SMILES string of the molecule is CCOC(=O)C12CC(OC)(C1)C2. The summed E-state index contributed by atoms with van der Waals surface area (Å²) >= 11 is 0. The van der Waals surface area contributed by atoms with E-state index in [9.17, 15) is 4.79 Å². The van der Waals surface area contributed by atoms with Gasteiger partial charge in [-0.05, 0) is 26.2 Å². The topological polar surface area (TPSA) is 35.5 Å². The van der Waals surface area contributed by atoms with Crippen molar-refractivity contribution in [1.29, 1.82) is 0 Å². The van der Waals surface area contributed by atoms with Crippen LogP contribution >= 0.6 is 0 Å². The van der Waals surface area contributed by atoms with E-state index < -0.39 is 0 Å². The Labute approximate surface area is 72.0 Å². The molecule has 3 saturated carbocycles. The van der Waals surface area contributed by atoms with Crippen LogP contribution in [0.5, 0.6) is 0 Å². The fraction of sp³-hybridized carbons (Fsp3) is 0.889. The molecule has 0 radical (unpaired) electrons. The third kappa shape index (κ3) is 0.774. The van der Waals surface area contributed by atoms with Gasteiger partial charge in [0.1, 0.15) is 0 Å². The van der Waals surface area contributed by atoms with Crippen molar-refractivity contribution >= 4 is 5.97 Å². The van der Waals surface area contributed by atoms with Gasteiger partial charge in [-0.3, -0.25) is 4.79 Å². The zero-order valence-electron chi connectivity index (χ0n) is 7.55. The lowest BCUT2D eigenvalue weighted by atomic mass is 9.41. The van der Waals surface area contributed by atoms with E-state index in [-0.39, 0.29) is 17.0 Å². The highest BCUT2D eigenvalue weighted by molar-refractivity contribution is 5.81. The Balaban J connectivity index is 1.91. The molecule has 3 rings (SSSR count). The molecule has 3 heteroatoms. The second kappa shape index (κ2) is 2.22. The van der Waals surface area contributed by atoms with Gasteiger partial charge in [-0.2, -0.15) is 0 Å². The first-order chi connectivity index (χ1) is 5.66. The first-order valence-electron chi connectivity index (χ1n) is 4.39. The van der Waals surface area contributed by atoms with Gasteiger partial charge >= 0.3 is 5.97 Å². The number of rotatable bonds is 3. The molecule has 3 aliphatic rings. The molecule has 0 N–H and O–H groups in total. The second-order valence-corrected chi connectivity index (χ2v) is 3.92. The molecule has 0 spiro atoms. The first-order valence-corrected chi connectivity index (χ1v) is 4.39. The van der Waals surface area contributed by atoms with Crippen LogP contribution in [0.15, 0.2) is 0 Å². The standard InChI is InChI=1S/C9H14O3/c1-3-12-7(10)8-4-9(5-8,6-8)11-2/h3-6H2,1-2H3. The van der Waals surface area contributed by atoms with Gasteiger partial charge in [-0.15, -0.1) is 0 Å². The van der Waals surface area contributed by atoms with Crippen LogP contribution in [-0.4, -0.2) is 25.3 Å². The summed E-state index contributed by atoms with van der Waals surface area (Å²) in [6, 6.07) is 0. The maximum absolute atomic E-state index is 11.4. The van der Waals surface area contributed by atoms with Crippen molar-refractivity contribution in [2.75, 3.05) is 13.7 Å². The van der Waals surface area contributed by atoms with E-state index in [0.29, 0.717) is 6.61 Å². The third-order valence-corrected chi connectivity index (χ3v) is 3.12. The Bertz CT molecular complexity index is 202. The van der Waals surface area contributed by atoms with Crippen molar-refractivity contribution in [3.63, 3.8) is 0 Å². The molecule has 0 atom stereocenters. The molecule has 3 aliphatic carbocycles. The predicted octanol–water partition coefficient (Wildman–Crippen LogP) is 1.12. The molecular weight excluding hydrogens is 156 g/mol. The summed E-state index contributed by atoms with van der Waals surface area (Å²) in [5.41, 5.74) is -0.0984. The number of carbonyl (C=O) groups excluding carboxylic acids is 1. The average molecular weight is 170 g/mol. The van der Waals surface area contributed by atoms with Gasteiger partial charge in [0.2, 0.25) is 0 Å². The van der Waals surface area contributed by atoms with Gasteiger partial charge in [0, 0.05) is 7.11 Å². The number of hydrogen-bond donors (Lipinski definition) is 0. The highest BCUT2D eigenvalue weighted by Crippen LogP contribution is 2.69. The van der Waals surface area contributed by atoms with E-state index in [1.54, 1.807) is 7.11 Å². The number of ether oxygens (including phenoxy) is 2. The molecule has 3 fully saturated rings. The van der Waals surface area contributed by atoms with E-state index in [1.807, 2.05) is 6.92 Å². The molecule has 0 heterocycles. The molecular formula is C9H14O3. The Morgan fingerprint density at radius 1 is 1.42 bits per heavy atom. The van der Waals surface area contributed by atoms with Gasteiger partial charge in [0.05, 0.1) is 17.6 Å². The van der Waals surface area contributed by atoms with E-state index >= 15 is 0 Å². The summed E-state index contributed by atoms with van der Waals surface area (Å²) < 4.78 is 10.3. The fourth-order valence-corrected chi connectivity index (χ4v) is 2.41. The predicted molar refractivity (Wildman–Crippen MR) is 42.7 cm³/mol. The molecule has 0 amide bonds. The molecule has 2 bridgehead atoms. The van der Waals surface area contributed by atoms with Crippen LogP contribution in [0.1, 0.15) is 26.2 Å². The minimum absolute atomic E-state index is 0.0241. The van der Waals surface area contributed by atoms with Crippen LogP contribution in [-0.2, 0) is 14.3 Å². The van der Waals surface area contributed by atoms with Crippen LogP contribution in [0.25, 0.3) is 0 Å². The van der Waals surface area contributed by atoms with Crippen LogP contribution in [0, 0.1) is 5.41 Å². The lowest BCUT2D eigenvalue weighted by Crippen LogP contribution is -2.71. The molecule has 68 valence electrons. The Hall–Kier alpha value is -0.570. The maximum Gasteiger partial charge on any atom is 0.312 e. The highest BCUT2D eigenvalue weighted by Gasteiger charge is 2.73. The molecule has 0 aliphatic heterocycles. The number of methoxy groups -OCH3 is 1. The van der Waals surface area contributed by atoms with Gasteiger partial charge in [0.15, 0.2) is 0 Å². The minimum Gasteiger partial charge on any atom is -0.466 e. The van der Waals surface area contributed by atoms with Crippen molar-refractivity contribution in [1.82, 2.24) is 0 Å². The summed E-state index contributed by atoms with van der Waals surface area (Å²) in [5, 5.41) is 0. The summed E-state index contributed by atoms with van der Waals surface area (Å²) in [4.78, 5) is 11.4. The molecule has 0 aromatic heterocycles.